The summed E-state index contributed by atoms with van der Waals surface area (Å²) in [5, 5.41) is 0.820. The Morgan fingerprint density at radius 2 is 1.89 bits per heavy atom. The Morgan fingerprint density at radius 3 is 2.63 bits per heavy atom. The Kier molecular flexibility index (Phi) is 4.24. The van der Waals surface area contributed by atoms with E-state index in [0.717, 1.165) is 17.5 Å². The van der Waals surface area contributed by atoms with E-state index in [2.05, 4.69) is 17.0 Å². The van der Waals surface area contributed by atoms with Crippen LogP contribution in [0.3, 0.4) is 0 Å². The van der Waals surface area contributed by atoms with Crippen LogP contribution in [0.1, 0.15) is 44.1 Å². The molecule has 104 valence electrons. The van der Waals surface area contributed by atoms with Crippen LogP contribution < -0.4 is 4.90 Å². The van der Waals surface area contributed by atoms with E-state index in [9.17, 15) is 0 Å². The van der Waals surface area contributed by atoms with Gasteiger partial charge in [-0.2, -0.15) is 0 Å². The second-order valence-electron chi connectivity index (χ2n) is 5.85. The summed E-state index contributed by atoms with van der Waals surface area (Å²) >= 11 is 12.3. The largest absolute Gasteiger partial charge is 0.368 e. The van der Waals surface area contributed by atoms with Crippen molar-refractivity contribution in [1.82, 2.24) is 0 Å². The van der Waals surface area contributed by atoms with Gasteiger partial charge in [0.25, 0.3) is 0 Å². The molecule has 1 unspecified atom stereocenters. The maximum atomic E-state index is 6.19. The van der Waals surface area contributed by atoms with Crippen LogP contribution in [-0.4, -0.2) is 12.6 Å². The van der Waals surface area contributed by atoms with Crippen LogP contribution >= 0.6 is 23.2 Å². The fraction of sp³-hybridized carbons (Fsp3) is 0.625. The molecule has 1 aliphatic carbocycles. The monoisotopic (exact) mass is 297 g/mol. The molecule has 0 radical (unpaired) electrons. The third-order valence-electron chi connectivity index (χ3n) is 4.74. The highest BCUT2D eigenvalue weighted by atomic mass is 35.5. The van der Waals surface area contributed by atoms with Gasteiger partial charge in [-0.25, -0.2) is 0 Å². The van der Waals surface area contributed by atoms with Crippen molar-refractivity contribution in [2.45, 2.75) is 50.4 Å². The zero-order valence-electron chi connectivity index (χ0n) is 11.2. The summed E-state index contributed by atoms with van der Waals surface area (Å²) in [6, 6.07) is 6.84. The zero-order valence-corrected chi connectivity index (χ0v) is 12.8. The SMILES string of the molecule is ClCc1ccc(Cl)cc1N1CCCC1C1CCCC1. The predicted molar refractivity (Wildman–Crippen MR) is 83.3 cm³/mol. The number of nitrogens with zero attached hydrogens (tertiary/aromatic N) is 1. The lowest BCUT2D eigenvalue weighted by molar-refractivity contribution is 0.430. The second-order valence-corrected chi connectivity index (χ2v) is 6.56. The molecule has 0 N–H and O–H groups in total. The van der Waals surface area contributed by atoms with Gasteiger partial charge < -0.3 is 4.90 Å². The van der Waals surface area contributed by atoms with Gasteiger partial charge in [0.2, 0.25) is 0 Å². The molecule has 0 amide bonds. The van der Waals surface area contributed by atoms with E-state index < -0.39 is 0 Å². The molecule has 19 heavy (non-hydrogen) atoms. The minimum atomic E-state index is 0.570. The fourth-order valence-corrected chi connectivity index (χ4v) is 4.23. The van der Waals surface area contributed by atoms with Gasteiger partial charge in [-0.3, -0.25) is 0 Å². The fourth-order valence-electron chi connectivity index (χ4n) is 3.84. The van der Waals surface area contributed by atoms with Crippen molar-refractivity contribution in [3.63, 3.8) is 0 Å². The van der Waals surface area contributed by atoms with E-state index in [0.29, 0.717) is 11.9 Å². The minimum Gasteiger partial charge on any atom is -0.368 e. The van der Waals surface area contributed by atoms with Crippen molar-refractivity contribution in [3.05, 3.63) is 28.8 Å². The maximum Gasteiger partial charge on any atom is 0.0494 e. The first kappa shape index (κ1) is 13.6. The lowest BCUT2D eigenvalue weighted by Gasteiger charge is -2.32. The van der Waals surface area contributed by atoms with Gasteiger partial charge >= 0.3 is 0 Å². The van der Waals surface area contributed by atoms with Crippen molar-refractivity contribution >= 4 is 28.9 Å². The topological polar surface area (TPSA) is 3.24 Å². The van der Waals surface area contributed by atoms with E-state index in [1.165, 1.54) is 49.8 Å². The molecule has 0 spiro atoms. The van der Waals surface area contributed by atoms with Crippen LogP contribution in [0.5, 0.6) is 0 Å². The smallest absolute Gasteiger partial charge is 0.0494 e. The maximum absolute atomic E-state index is 6.19. The summed E-state index contributed by atoms with van der Waals surface area (Å²) in [5.74, 6) is 1.45. The summed E-state index contributed by atoms with van der Waals surface area (Å²) in [5.41, 5.74) is 2.49. The molecule has 1 aromatic carbocycles. The Labute approximate surface area is 125 Å². The summed E-state index contributed by atoms with van der Waals surface area (Å²) in [7, 11) is 0. The highest BCUT2D eigenvalue weighted by Gasteiger charge is 2.34. The summed E-state index contributed by atoms with van der Waals surface area (Å²) in [6.45, 7) is 1.16. The van der Waals surface area contributed by atoms with Crippen molar-refractivity contribution in [2.75, 3.05) is 11.4 Å². The molecule has 1 saturated carbocycles. The molecule has 1 atom stereocenters. The number of hydrogen-bond acceptors (Lipinski definition) is 1. The first-order valence-electron chi connectivity index (χ1n) is 7.40. The molecular weight excluding hydrogens is 277 g/mol. The van der Waals surface area contributed by atoms with E-state index in [4.69, 9.17) is 23.2 Å². The molecule has 1 aromatic rings. The van der Waals surface area contributed by atoms with E-state index in [-0.39, 0.29) is 0 Å². The van der Waals surface area contributed by atoms with Gasteiger partial charge in [0, 0.05) is 29.2 Å². The van der Waals surface area contributed by atoms with Crippen LogP contribution in [0.2, 0.25) is 5.02 Å². The average Bonchev–Trinajstić information content (AvgIpc) is 3.09. The molecule has 0 aromatic heterocycles. The van der Waals surface area contributed by atoms with Gasteiger partial charge in [0.1, 0.15) is 0 Å². The number of alkyl halides is 1. The summed E-state index contributed by atoms with van der Waals surface area (Å²) in [4.78, 5) is 2.58. The third kappa shape index (κ3) is 2.73. The number of hydrogen-bond donors (Lipinski definition) is 0. The molecule has 2 fully saturated rings. The van der Waals surface area contributed by atoms with Gasteiger partial charge in [-0.1, -0.05) is 30.5 Å². The van der Waals surface area contributed by atoms with Crippen molar-refractivity contribution < 1.29 is 0 Å². The van der Waals surface area contributed by atoms with Crippen LogP contribution in [0.25, 0.3) is 0 Å². The van der Waals surface area contributed by atoms with Crippen molar-refractivity contribution in [1.29, 1.82) is 0 Å². The molecule has 3 rings (SSSR count). The van der Waals surface area contributed by atoms with Crippen molar-refractivity contribution in [2.24, 2.45) is 5.92 Å². The Bertz CT molecular complexity index is 440. The Morgan fingerprint density at radius 1 is 1.11 bits per heavy atom. The molecule has 1 aliphatic heterocycles. The van der Waals surface area contributed by atoms with E-state index in [1.807, 2.05) is 6.07 Å². The number of benzene rings is 1. The molecule has 1 heterocycles. The zero-order chi connectivity index (χ0) is 13.2. The Hall–Kier alpha value is -0.400. The highest BCUT2D eigenvalue weighted by Crippen LogP contribution is 2.39. The number of rotatable bonds is 3. The normalized spacial score (nSPS) is 24.3. The van der Waals surface area contributed by atoms with Gasteiger partial charge in [0.05, 0.1) is 0 Å². The molecule has 1 nitrogen and oxygen atoms in total. The molecule has 3 heteroatoms. The molecule has 2 aliphatic rings. The van der Waals surface area contributed by atoms with Crippen LogP contribution in [-0.2, 0) is 5.88 Å². The lowest BCUT2D eigenvalue weighted by Crippen LogP contribution is -2.35. The molecule has 0 bridgehead atoms. The average molecular weight is 298 g/mol. The third-order valence-corrected chi connectivity index (χ3v) is 5.27. The first-order valence-corrected chi connectivity index (χ1v) is 8.32. The lowest BCUT2D eigenvalue weighted by atomic mass is 9.95. The quantitative estimate of drug-likeness (QED) is 0.690. The van der Waals surface area contributed by atoms with E-state index >= 15 is 0 Å². The summed E-state index contributed by atoms with van der Waals surface area (Å²) in [6.07, 6.45) is 8.25. The standard InChI is InChI=1S/C16H21Cl2N/c17-11-13-7-8-14(18)10-16(13)19-9-3-6-15(19)12-4-1-2-5-12/h7-8,10,12,15H,1-6,9,11H2. The molecular formula is C16H21Cl2N. The number of halogens is 2. The van der Waals surface area contributed by atoms with Crippen LogP contribution in [0.4, 0.5) is 5.69 Å². The van der Waals surface area contributed by atoms with Gasteiger partial charge in [0.15, 0.2) is 0 Å². The predicted octanol–water partition coefficient (Wildman–Crippen LogP) is 5.24. The van der Waals surface area contributed by atoms with Crippen molar-refractivity contribution in [3.8, 4) is 0 Å². The van der Waals surface area contributed by atoms with E-state index in [1.54, 1.807) is 0 Å². The minimum absolute atomic E-state index is 0.570. The van der Waals surface area contributed by atoms with Gasteiger partial charge in [-0.15, -0.1) is 11.6 Å². The molecule has 1 saturated heterocycles. The summed E-state index contributed by atoms with van der Waals surface area (Å²) < 4.78 is 0. The van der Waals surface area contributed by atoms with Gasteiger partial charge in [-0.05, 0) is 49.3 Å². The number of anilines is 1. The highest BCUT2D eigenvalue weighted by molar-refractivity contribution is 6.31. The Balaban J connectivity index is 1.89. The van der Waals surface area contributed by atoms with Crippen LogP contribution in [0, 0.1) is 5.92 Å². The second kappa shape index (κ2) is 5.93. The first-order chi connectivity index (χ1) is 9.29. The van der Waals surface area contributed by atoms with Crippen LogP contribution in [0.15, 0.2) is 18.2 Å².